The zero-order valence-electron chi connectivity index (χ0n) is 19.1. The zero-order chi connectivity index (χ0) is 22.8. The van der Waals surface area contributed by atoms with E-state index in [0.717, 1.165) is 41.9 Å². The van der Waals surface area contributed by atoms with Crippen LogP contribution in [0.25, 0.3) is 0 Å². The van der Waals surface area contributed by atoms with E-state index < -0.39 is 6.04 Å². The van der Waals surface area contributed by atoms with Crippen molar-refractivity contribution in [2.45, 2.75) is 58.4 Å². The molecule has 1 atom stereocenters. The summed E-state index contributed by atoms with van der Waals surface area (Å²) in [7, 11) is 0. The molecule has 1 aliphatic rings. The van der Waals surface area contributed by atoms with Crippen LogP contribution in [0.2, 0.25) is 0 Å². The molecule has 0 aliphatic carbocycles. The van der Waals surface area contributed by atoms with Crippen molar-refractivity contribution in [3.05, 3.63) is 59.7 Å². The van der Waals surface area contributed by atoms with Gasteiger partial charge < -0.3 is 19.7 Å². The molecule has 0 saturated carbocycles. The second kappa shape index (κ2) is 12.1. The van der Waals surface area contributed by atoms with Crippen LogP contribution in [0.4, 0.5) is 0 Å². The van der Waals surface area contributed by atoms with Crippen molar-refractivity contribution in [3.63, 3.8) is 0 Å². The number of ether oxygens (including phenoxy) is 2. The lowest BCUT2D eigenvalue weighted by Gasteiger charge is -2.30. The van der Waals surface area contributed by atoms with Gasteiger partial charge in [0.15, 0.2) is 11.5 Å². The molecular formula is C26H34N2O4. The number of aryl methyl sites for hydroxylation is 1. The second-order valence-electron chi connectivity index (χ2n) is 8.08. The van der Waals surface area contributed by atoms with Gasteiger partial charge in [0.25, 0.3) is 0 Å². The molecule has 0 aromatic heterocycles. The van der Waals surface area contributed by atoms with Gasteiger partial charge in [-0.15, -0.1) is 0 Å². The van der Waals surface area contributed by atoms with Gasteiger partial charge in [0.05, 0.1) is 0 Å². The van der Waals surface area contributed by atoms with Gasteiger partial charge in [-0.25, -0.2) is 0 Å². The Morgan fingerprint density at radius 3 is 2.53 bits per heavy atom. The van der Waals surface area contributed by atoms with Gasteiger partial charge in [-0.05, 0) is 48.9 Å². The Kier molecular flexibility index (Phi) is 8.96. The third kappa shape index (κ3) is 6.49. The monoisotopic (exact) mass is 438 g/mol. The molecule has 6 nitrogen and oxygen atoms in total. The zero-order valence-corrected chi connectivity index (χ0v) is 19.1. The molecule has 0 bridgehead atoms. The summed E-state index contributed by atoms with van der Waals surface area (Å²) in [5, 5.41) is 3.01. The molecule has 1 heterocycles. The van der Waals surface area contributed by atoms with Crippen LogP contribution in [0, 0.1) is 0 Å². The Morgan fingerprint density at radius 1 is 1.00 bits per heavy atom. The minimum absolute atomic E-state index is 0.00362. The van der Waals surface area contributed by atoms with Crippen molar-refractivity contribution in [1.82, 2.24) is 10.2 Å². The van der Waals surface area contributed by atoms with Gasteiger partial charge in [-0.1, -0.05) is 56.7 Å². The van der Waals surface area contributed by atoms with Crippen LogP contribution in [-0.2, 0) is 22.4 Å². The van der Waals surface area contributed by atoms with Crippen molar-refractivity contribution in [3.8, 4) is 11.5 Å². The molecule has 1 aliphatic heterocycles. The SMILES string of the molecule is CCCCNC(=O)[C@@H](CC)N(CCc1ccccc1)C(=O)CCc1ccc2c(c1)OCO2. The van der Waals surface area contributed by atoms with Gasteiger partial charge >= 0.3 is 0 Å². The molecule has 172 valence electrons. The Labute approximate surface area is 190 Å². The van der Waals surface area contributed by atoms with E-state index in [0.29, 0.717) is 32.4 Å². The second-order valence-corrected chi connectivity index (χ2v) is 8.08. The van der Waals surface area contributed by atoms with Crippen LogP contribution >= 0.6 is 0 Å². The number of carbonyl (C=O) groups excluding carboxylic acids is 2. The average molecular weight is 439 g/mol. The largest absolute Gasteiger partial charge is 0.454 e. The summed E-state index contributed by atoms with van der Waals surface area (Å²) in [5.41, 5.74) is 2.17. The van der Waals surface area contributed by atoms with Crippen LogP contribution < -0.4 is 14.8 Å². The number of fused-ring (bicyclic) bond motifs is 1. The third-order valence-corrected chi connectivity index (χ3v) is 5.76. The Morgan fingerprint density at radius 2 is 1.78 bits per heavy atom. The Hall–Kier alpha value is -3.02. The van der Waals surface area contributed by atoms with E-state index in [1.54, 1.807) is 4.90 Å². The predicted molar refractivity (Wildman–Crippen MR) is 125 cm³/mol. The fraction of sp³-hybridized carbons (Fsp3) is 0.462. The smallest absolute Gasteiger partial charge is 0.242 e. The van der Waals surface area contributed by atoms with E-state index in [9.17, 15) is 9.59 Å². The van der Waals surface area contributed by atoms with Crippen molar-refractivity contribution in [2.24, 2.45) is 0 Å². The molecule has 2 amide bonds. The van der Waals surface area contributed by atoms with Gasteiger partial charge in [0, 0.05) is 19.5 Å². The summed E-state index contributed by atoms with van der Waals surface area (Å²) in [4.78, 5) is 27.9. The maximum Gasteiger partial charge on any atom is 0.242 e. The average Bonchev–Trinajstić information content (AvgIpc) is 3.29. The molecule has 2 aromatic rings. The highest BCUT2D eigenvalue weighted by atomic mass is 16.7. The van der Waals surface area contributed by atoms with E-state index >= 15 is 0 Å². The van der Waals surface area contributed by atoms with Crippen LogP contribution in [0.3, 0.4) is 0 Å². The van der Waals surface area contributed by atoms with E-state index in [1.165, 1.54) is 0 Å². The lowest BCUT2D eigenvalue weighted by atomic mass is 10.1. The van der Waals surface area contributed by atoms with Gasteiger partial charge in [0.2, 0.25) is 18.6 Å². The molecule has 2 aromatic carbocycles. The summed E-state index contributed by atoms with van der Waals surface area (Å²) in [6, 6.07) is 15.4. The van der Waals surface area contributed by atoms with Crippen molar-refractivity contribution < 1.29 is 19.1 Å². The number of amides is 2. The number of nitrogens with zero attached hydrogens (tertiary/aromatic N) is 1. The molecule has 0 spiro atoms. The molecule has 1 N–H and O–H groups in total. The standard InChI is InChI=1S/C26H34N2O4/c1-3-5-16-27-26(30)22(4-2)28(17-15-20-9-7-6-8-10-20)25(29)14-12-21-11-13-23-24(18-21)32-19-31-23/h6-11,13,18,22H,3-5,12,14-17,19H2,1-2H3,(H,27,30)/t22-/m1/s1. The van der Waals surface area contributed by atoms with E-state index in [-0.39, 0.29) is 18.6 Å². The highest BCUT2D eigenvalue weighted by Crippen LogP contribution is 2.32. The predicted octanol–water partition coefficient (Wildman–Crippen LogP) is 4.11. The molecule has 0 saturated heterocycles. The number of carbonyl (C=O) groups is 2. The number of benzene rings is 2. The van der Waals surface area contributed by atoms with Crippen LogP contribution in [-0.4, -0.2) is 42.6 Å². The first kappa shape index (κ1) is 23.6. The highest BCUT2D eigenvalue weighted by molar-refractivity contribution is 5.87. The van der Waals surface area contributed by atoms with Crippen molar-refractivity contribution in [1.29, 1.82) is 0 Å². The first-order valence-electron chi connectivity index (χ1n) is 11.6. The van der Waals surface area contributed by atoms with E-state index in [1.807, 2.05) is 43.3 Å². The minimum Gasteiger partial charge on any atom is -0.454 e. The summed E-state index contributed by atoms with van der Waals surface area (Å²) < 4.78 is 10.8. The quantitative estimate of drug-likeness (QED) is 0.507. The first-order valence-corrected chi connectivity index (χ1v) is 11.6. The maximum absolute atomic E-state index is 13.3. The number of hydrogen-bond acceptors (Lipinski definition) is 4. The first-order chi connectivity index (χ1) is 15.6. The van der Waals surface area contributed by atoms with Gasteiger partial charge in [-0.2, -0.15) is 0 Å². The number of nitrogens with one attached hydrogen (secondary N) is 1. The molecule has 32 heavy (non-hydrogen) atoms. The minimum atomic E-state index is -0.458. The molecule has 0 fully saturated rings. The lowest BCUT2D eigenvalue weighted by Crippen LogP contribution is -2.50. The van der Waals surface area contributed by atoms with E-state index in [4.69, 9.17) is 9.47 Å². The Bertz CT molecular complexity index is 885. The van der Waals surface area contributed by atoms with Crippen LogP contribution in [0.5, 0.6) is 11.5 Å². The topological polar surface area (TPSA) is 67.9 Å². The normalized spacial score (nSPS) is 12.9. The lowest BCUT2D eigenvalue weighted by molar-refractivity contribution is -0.140. The molecule has 0 unspecified atom stereocenters. The molecule has 3 rings (SSSR count). The summed E-state index contributed by atoms with van der Waals surface area (Å²) in [6.07, 6.45) is 4.18. The maximum atomic E-state index is 13.3. The van der Waals surface area contributed by atoms with Gasteiger partial charge in [-0.3, -0.25) is 9.59 Å². The summed E-state index contributed by atoms with van der Waals surface area (Å²) in [5.74, 6) is 1.39. The third-order valence-electron chi connectivity index (χ3n) is 5.76. The van der Waals surface area contributed by atoms with Gasteiger partial charge in [0.1, 0.15) is 6.04 Å². The molecule has 6 heteroatoms. The molecular weight excluding hydrogens is 404 g/mol. The Balaban J connectivity index is 1.67. The fourth-order valence-corrected chi connectivity index (χ4v) is 3.89. The number of rotatable bonds is 12. The van der Waals surface area contributed by atoms with Crippen molar-refractivity contribution in [2.75, 3.05) is 19.9 Å². The summed E-state index contributed by atoms with van der Waals surface area (Å²) >= 11 is 0. The highest BCUT2D eigenvalue weighted by Gasteiger charge is 2.28. The summed E-state index contributed by atoms with van der Waals surface area (Å²) in [6.45, 7) is 5.45. The molecule has 0 radical (unpaired) electrons. The number of hydrogen-bond donors (Lipinski definition) is 1. The van der Waals surface area contributed by atoms with Crippen molar-refractivity contribution >= 4 is 11.8 Å². The number of unbranched alkanes of at least 4 members (excludes halogenated alkanes) is 1. The van der Waals surface area contributed by atoms with Crippen LogP contribution in [0.15, 0.2) is 48.5 Å². The van der Waals surface area contributed by atoms with Crippen LogP contribution in [0.1, 0.15) is 50.7 Å². The fourth-order valence-electron chi connectivity index (χ4n) is 3.89. The van der Waals surface area contributed by atoms with E-state index in [2.05, 4.69) is 24.4 Å².